The molecule has 0 saturated carbocycles. The lowest BCUT2D eigenvalue weighted by Crippen LogP contribution is -1.98. The van der Waals surface area contributed by atoms with Gasteiger partial charge < -0.3 is 10.2 Å². The zero-order chi connectivity index (χ0) is 13.7. The summed E-state index contributed by atoms with van der Waals surface area (Å²) in [6.07, 6.45) is 3.81. The smallest absolute Gasteiger partial charge is 0.202 e. The fraction of sp³-hybridized carbons (Fsp3) is 0.267. The average molecular weight is 286 g/mol. The molecule has 4 rings (SSSR count). The molecule has 0 fully saturated rings. The Labute approximate surface area is 119 Å². The van der Waals surface area contributed by atoms with Crippen molar-refractivity contribution in [1.29, 1.82) is 0 Å². The Morgan fingerprint density at radius 1 is 1.05 bits per heavy atom. The van der Waals surface area contributed by atoms with Gasteiger partial charge >= 0.3 is 0 Å². The summed E-state index contributed by atoms with van der Waals surface area (Å²) in [5, 5.41) is 20.8. The van der Waals surface area contributed by atoms with E-state index in [2.05, 4.69) is 4.98 Å². The van der Waals surface area contributed by atoms with Gasteiger partial charge in [-0.3, -0.25) is 4.57 Å². The van der Waals surface area contributed by atoms with E-state index in [1.807, 2.05) is 18.2 Å². The van der Waals surface area contributed by atoms with E-state index in [0.717, 1.165) is 52.7 Å². The highest BCUT2D eigenvalue weighted by molar-refractivity contribution is 7.16. The zero-order valence-corrected chi connectivity index (χ0v) is 11.7. The van der Waals surface area contributed by atoms with E-state index in [9.17, 15) is 10.2 Å². The predicted molar refractivity (Wildman–Crippen MR) is 78.9 cm³/mol. The summed E-state index contributed by atoms with van der Waals surface area (Å²) in [4.78, 5) is 4.25. The Morgan fingerprint density at radius 3 is 2.45 bits per heavy atom. The lowest BCUT2D eigenvalue weighted by atomic mass is 9.95. The number of aromatic hydroxyl groups is 2. The largest absolute Gasteiger partial charge is 0.494 e. The topological polar surface area (TPSA) is 58.3 Å². The Morgan fingerprint density at radius 2 is 1.75 bits per heavy atom. The van der Waals surface area contributed by atoms with Crippen LogP contribution in [0.4, 0.5) is 0 Å². The van der Waals surface area contributed by atoms with Crippen LogP contribution < -0.4 is 0 Å². The van der Waals surface area contributed by atoms with Gasteiger partial charge in [0.15, 0.2) is 0 Å². The maximum Gasteiger partial charge on any atom is 0.202 e. The summed E-state index contributed by atoms with van der Waals surface area (Å²) in [6.45, 7) is 0. The van der Waals surface area contributed by atoms with Gasteiger partial charge in [-0.15, -0.1) is 11.3 Å². The first-order chi connectivity index (χ1) is 9.75. The van der Waals surface area contributed by atoms with Crippen LogP contribution in [0, 0.1) is 0 Å². The molecular weight excluding hydrogens is 272 g/mol. The number of hydrogen-bond donors (Lipinski definition) is 2. The molecule has 0 unspecified atom stereocenters. The van der Waals surface area contributed by atoms with Crippen LogP contribution in [0.5, 0.6) is 11.8 Å². The highest BCUT2D eigenvalue weighted by atomic mass is 32.1. The molecule has 1 aliphatic carbocycles. The van der Waals surface area contributed by atoms with Crippen molar-refractivity contribution in [3.8, 4) is 17.4 Å². The van der Waals surface area contributed by atoms with E-state index in [4.69, 9.17) is 0 Å². The molecule has 0 radical (unpaired) electrons. The summed E-state index contributed by atoms with van der Waals surface area (Å²) in [5.41, 5.74) is 5.33. The molecule has 2 N–H and O–H groups in total. The van der Waals surface area contributed by atoms with Crippen LogP contribution in [0.25, 0.3) is 15.9 Å². The standard InChI is InChI=1S/C15H14N2O2S/c18-14-10-3-1-2-4-11(10)15(19)17(14)9-5-6-12-13(7-9)20-8-16-12/h5-8,18-19H,1-4H2. The number of hydrogen-bond acceptors (Lipinski definition) is 4. The first kappa shape index (κ1) is 11.8. The number of thiazole rings is 1. The highest BCUT2D eigenvalue weighted by Gasteiger charge is 2.25. The second-order valence-electron chi connectivity index (χ2n) is 5.15. The van der Waals surface area contributed by atoms with E-state index >= 15 is 0 Å². The van der Waals surface area contributed by atoms with Gasteiger partial charge in [0.25, 0.3) is 0 Å². The van der Waals surface area contributed by atoms with Crippen molar-refractivity contribution in [2.45, 2.75) is 25.7 Å². The van der Waals surface area contributed by atoms with Crippen LogP contribution >= 0.6 is 11.3 Å². The number of nitrogens with zero attached hydrogens (tertiary/aromatic N) is 2. The number of fused-ring (bicyclic) bond motifs is 2. The Bertz CT molecular complexity index is 774. The van der Waals surface area contributed by atoms with Crippen LogP contribution in [-0.4, -0.2) is 19.8 Å². The quantitative estimate of drug-likeness (QED) is 0.721. The molecule has 0 amide bonds. The minimum atomic E-state index is 0.182. The summed E-state index contributed by atoms with van der Waals surface area (Å²) >= 11 is 1.56. The zero-order valence-electron chi connectivity index (χ0n) is 10.8. The van der Waals surface area contributed by atoms with Crippen LogP contribution in [0.3, 0.4) is 0 Å². The third kappa shape index (κ3) is 1.56. The van der Waals surface area contributed by atoms with Crippen molar-refractivity contribution in [2.24, 2.45) is 0 Å². The summed E-state index contributed by atoms with van der Waals surface area (Å²) in [5.74, 6) is 0.363. The van der Waals surface area contributed by atoms with E-state index in [1.54, 1.807) is 21.4 Å². The minimum absolute atomic E-state index is 0.182. The van der Waals surface area contributed by atoms with Crippen LogP contribution in [0.1, 0.15) is 24.0 Å². The molecule has 1 aromatic carbocycles. The lowest BCUT2D eigenvalue weighted by molar-refractivity contribution is 0.400. The van der Waals surface area contributed by atoms with E-state index < -0.39 is 0 Å². The van der Waals surface area contributed by atoms with Crippen molar-refractivity contribution < 1.29 is 10.2 Å². The van der Waals surface area contributed by atoms with Crippen LogP contribution in [-0.2, 0) is 12.8 Å². The second kappa shape index (κ2) is 4.24. The molecule has 1 aliphatic rings. The molecule has 20 heavy (non-hydrogen) atoms. The average Bonchev–Trinajstić information content (AvgIpc) is 3.03. The Kier molecular flexibility index (Phi) is 2.50. The van der Waals surface area contributed by atoms with Gasteiger partial charge in [-0.2, -0.15) is 0 Å². The first-order valence-electron chi connectivity index (χ1n) is 6.73. The third-order valence-corrected chi connectivity index (χ3v) is 4.80. The molecule has 0 spiro atoms. The van der Waals surface area contributed by atoms with Crippen molar-refractivity contribution in [3.05, 3.63) is 34.8 Å². The fourth-order valence-corrected chi connectivity index (χ4v) is 3.71. The lowest BCUT2D eigenvalue weighted by Gasteiger charge is -2.09. The molecule has 2 aromatic heterocycles. The van der Waals surface area contributed by atoms with Gasteiger partial charge in [-0.05, 0) is 43.9 Å². The molecular formula is C15H14N2O2S. The van der Waals surface area contributed by atoms with Crippen LogP contribution in [0.2, 0.25) is 0 Å². The van der Waals surface area contributed by atoms with Crippen molar-refractivity contribution >= 4 is 21.6 Å². The van der Waals surface area contributed by atoms with Gasteiger partial charge in [-0.25, -0.2) is 4.98 Å². The molecule has 4 nitrogen and oxygen atoms in total. The third-order valence-electron chi connectivity index (χ3n) is 4.00. The number of aromatic nitrogens is 2. The summed E-state index contributed by atoms with van der Waals surface area (Å²) < 4.78 is 2.60. The number of rotatable bonds is 1. The minimum Gasteiger partial charge on any atom is -0.494 e. The maximum atomic E-state index is 10.4. The van der Waals surface area contributed by atoms with Crippen LogP contribution in [0.15, 0.2) is 23.7 Å². The van der Waals surface area contributed by atoms with Crippen molar-refractivity contribution in [1.82, 2.24) is 9.55 Å². The normalized spacial score (nSPS) is 14.6. The molecule has 3 aromatic rings. The Hall–Kier alpha value is -2.01. The predicted octanol–water partition coefficient (Wildman–Crippen LogP) is 3.38. The van der Waals surface area contributed by atoms with Gasteiger partial charge in [0.2, 0.25) is 11.8 Å². The highest BCUT2D eigenvalue weighted by Crippen LogP contribution is 2.41. The second-order valence-corrected chi connectivity index (χ2v) is 6.04. The van der Waals surface area contributed by atoms with Crippen molar-refractivity contribution in [3.63, 3.8) is 0 Å². The van der Waals surface area contributed by atoms with E-state index in [0.29, 0.717) is 0 Å². The molecule has 0 aliphatic heterocycles. The van der Waals surface area contributed by atoms with Crippen molar-refractivity contribution in [2.75, 3.05) is 0 Å². The monoisotopic (exact) mass is 286 g/mol. The van der Waals surface area contributed by atoms with Gasteiger partial charge in [0.05, 0.1) is 21.4 Å². The number of benzene rings is 1. The summed E-state index contributed by atoms with van der Waals surface area (Å²) in [6, 6.07) is 5.75. The fourth-order valence-electron chi connectivity index (χ4n) is 3.00. The van der Waals surface area contributed by atoms with Gasteiger partial charge in [-0.1, -0.05) is 0 Å². The SMILES string of the molecule is Oc1c2c(c(O)n1-c1ccc3ncsc3c1)CCCC2. The van der Waals surface area contributed by atoms with Gasteiger partial charge in [0.1, 0.15) is 0 Å². The molecule has 0 saturated heterocycles. The van der Waals surface area contributed by atoms with E-state index in [1.165, 1.54) is 0 Å². The van der Waals surface area contributed by atoms with E-state index in [-0.39, 0.29) is 11.8 Å². The molecule has 2 heterocycles. The summed E-state index contributed by atoms with van der Waals surface area (Å²) in [7, 11) is 0. The molecule has 0 bridgehead atoms. The molecule has 0 atom stereocenters. The maximum absolute atomic E-state index is 10.4. The first-order valence-corrected chi connectivity index (χ1v) is 7.61. The molecule has 5 heteroatoms. The van der Waals surface area contributed by atoms with Gasteiger partial charge in [0, 0.05) is 11.1 Å². The molecule has 102 valence electrons. The Balaban J connectivity index is 1.95.